The van der Waals surface area contributed by atoms with Crippen molar-refractivity contribution >= 4 is 28.9 Å². The normalized spacial score (nSPS) is 13.2. The molecule has 0 radical (unpaired) electrons. The third-order valence-electron chi connectivity index (χ3n) is 4.42. The monoisotopic (exact) mass is 410 g/mol. The fraction of sp³-hybridized carbons (Fsp3) is 0.250. The first kappa shape index (κ1) is 20.8. The highest BCUT2D eigenvalue weighted by Crippen LogP contribution is 2.30. The Morgan fingerprint density at radius 3 is 2.67 bits per heavy atom. The summed E-state index contributed by atoms with van der Waals surface area (Å²) in [6.45, 7) is 1.34. The number of esters is 1. The van der Waals surface area contributed by atoms with E-state index in [-0.39, 0.29) is 16.8 Å². The first-order valence-corrected chi connectivity index (χ1v) is 9.07. The standard InChI is InChI=1S/C20H18N4O6/c21-12-15-3-1-2-4-16(15)22-19(25)13-30-20(26)14-5-6-17(18(11-14)24(27)28)23-7-9-29-10-8-23/h1-6,11H,7-10,13H2,(H,22,25). The van der Waals surface area contributed by atoms with Crippen LogP contribution in [0.2, 0.25) is 0 Å². The number of nitrogens with one attached hydrogen (secondary N) is 1. The van der Waals surface area contributed by atoms with Gasteiger partial charge in [-0.3, -0.25) is 14.9 Å². The van der Waals surface area contributed by atoms with Crippen LogP contribution in [0.4, 0.5) is 17.1 Å². The summed E-state index contributed by atoms with van der Waals surface area (Å²) in [5.74, 6) is -1.50. The molecule has 0 aromatic heterocycles. The quantitative estimate of drug-likeness (QED) is 0.434. The number of amides is 1. The number of nitro groups is 1. The van der Waals surface area contributed by atoms with Crippen molar-refractivity contribution in [1.29, 1.82) is 5.26 Å². The van der Waals surface area contributed by atoms with Crippen molar-refractivity contribution in [3.63, 3.8) is 0 Å². The van der Waals surface area contributed by atoms with Crippen molar-refractivity contribution in [3.8, 4) is 6.07 Å². The highest BCUT2D eigenvalue weighted by molar-refractivity contribution is 5.96. The van der Waals surface area contributed by atoms with E-state index in [1.165, 1.54) is 18.2 Å². The van der Waals surface area contributed by atoms with Crippen molar-refractivity contribution in [2.24, 2.45) is 0 Å². The maximum absolute atomic E-state index is 12.3. The van der Waals surface area contributed by atoms with Gasteiger partial charge in [-0.1, -0.05) is 12.1 Å². The molecule has 0 saturated carbocycles. The average molecular weight is 410 g/mol. The number of nitriles is 1. The van der Waals surface area contributed by atoms with Gasteiger partial charge in [-0.2, -0.15) is 5.26 Å². The lowest BCUT2D eigenvalue weighted by Gasteiger charge is -2.28. The van der Waals surface area contributed by atoms with E-state index in [9.17, 15) is 19.7 Å². The predicted molar refractivity (Wildman–Crippen MR) is 106 cm³/mol. The van der Waals surface area contributed by atoms with Gasteiger partial charge < -0.3 is 19.7 Å². The molecule has 2 aromatic rings. The molecule has 1 amide bonds. The van der Waals surface area contributed by atoms with Gasteiger partial charge in [0.25, 0.3) is 11.6 Å². The number of hydrogen-bond donors (Lipinski definition) is 1. The largest absolute Gasteiger partial charge is 0.452 e. The van der Waals surface area contributed by atoms with E-state index in [1.54, 1.807) is 18.2 Å². The zero-order valence-corrected chi connectivity index (χ0v) is 15.9. The lowest BCUT2D eigenvalue weighted by atomic mass is 10.1. The van der Waals surface area contributed by atoms with E-state index < -0.39 is 23.4 Å². The van der Waals surface area contributed by atoms with Crippen LogP contribution in [0, 0.1) is 21.4 Å². The predicted octanol–water partition coefficient (Wildman–Crippen LogP) is 2.10. The molecule has 154 valence electrons. The number of benzene rings is 2. The lowest BCUT2D eigenvalue weighted by Crippen LogP contribution is -2.36. The molecule has 30 heavy (non-hydrogen) atoms. The number of para-hydroxylation sites is 1. The molecule has 10 nitrogen and oxygen atoms in total. The highest BCUT2D eigenvalue weighted by atomic mass is 16.6. The molecule has 0 spiro atoms. The van der Waals surface area contributed by atoms with Crippen LogP contribution in [0.1, 0.15) is 15.9 Å². The molecule has 2 aromatic carbocycles. The van der Waals surface area contributed by atoms with Crippen LogP contribution >= 0.6 is 0 Å². The van der Waals surface area contributed by atoms with E-state index in [2.05, 4.69) is 5.32 Å². The van der Waals surface area contributed by atoms with Crippen LogP contribution < -0.4 is 10.2 Å². The average Bonchev–Trinajstić information content (AvgIpc) is 2.78. The summed E-state index contributed by atoms with van der Waals surface area (Å²) in [7, 11) is 0. The summed E-state index contributed by atoms with van der Waals surface area (Å²) in [6.07, 6.45) is 0. The molecule has 10 heteroatoms. The first-order valence-electron chi connectivity index (χ1n) is 9.07. The summed E-state index contributed by atoms with van der Waals surface area (Å²) >= 11 is 0. The van der Waals surface area contributed by atoms with E-state index >= 15 is 0 Å². The third kappa shape index (κ3) is 4.89. The second-order valence-corrected chi connectivity index (χ2v) is 6.34. The van der Waals surface area contributed by atoms with Crippen LogP contribution in [0.15, 0.2) is 42.5 Å². The van der Waals surface area contributed by atoms with Gasteiger partial charge in [-0.25, -0.2) is 4.79 Å². The van der Waals surface area contributed by atoms with Gasteiger partial charge >= 0.3 is 5.97 Å². The SMILES string of the molecule is N#Cc1ccccc1NC(=O)COC(=O)c1ccc(N2CCOCC2)c([N+](=O)[O-])c1. The number of carbonyl (C=O) groups excluding carboxylic acids is 2. The number of morpholine rings is 1. The number of rotatable bonds is 6. The number of nitro benzene ring substituents is 1. The van der Waals surface area contributed by atoms with Gasteiger partial charge in [0.1, 0.15) is 11.8 Å². The minimum Gasteiger partial charge on any atom is -0.452 e. The lowest BCUT2D eigenvalue weighted by molar-refractivity contribution is -0.384. The molecular weight excluding hydrogens is 392 g/mol. The molecular formula is C20H18N4O6. The Labute approximate surface area is 171 Å². The Morgan fingerprint density at radius 1 is 1.23 bits per heavy atom. The van der Waals surface area contributed by atoms with E-state index in [4.69, 9.17) is 14.7 Å². The highest BCUT2D eigenvalue weighted by Gasteiger charge is 2.24. The summed E-state index contributed by atoms with van der Waals surface area (Å²) in [6, 6.07) is 12.4. The minimum atomic E-state index is -0.865. The maximum Gasteiger partial charge on any atom is 0.338 e. The molecule has 1 saturated heterocycles. The second-order valence-electron chi connectivity index (χ2n) is 6.34. The summed E-state index contributed by atoms with van der Waals surface area (Å²) in [5.41, 5.74) is 0.700. The van der Waals surface area contributed by atoms with Crippen molar-refractivity contribution < 1.29 is 24.0 Å². The van der Waals surface area contributed by atoms with Crippen LogP contribution in [0.5, 0.6) is 0 Å². The second kappa shape index (κ2) is 9.49. The fourth-order valence-electron chi connectivity index (χ4n) is 2.96. The number of hydrogen-bond acceptors (Lipinski definition) is 8. The molecule has 1 fully saturated rings. The molecule has 1 heterocycles. The van der Waals surface area contributed by atoms with Crippen LogP contribution in [0.3, 0.4) is 0 Å². The Balaban J connectivity index is 1.66. The van der Waals surface area contributed by atoms with Crippen molar-refractivity contribution in [1.82, 2.24) is 0 Å². The molecule has 1 aliphatic rings. The maximum atomic E-state index is 12.3. The Hall–Kier alpha value is -3.97. The number of carbonyl (C=O) groups is 2. The topological polar surface area (TPSA) is 135 Å². The summed E-state index contributed by atoms with van der Waals surface area (Å²) in [4.78, 5) is 37.0. The van der Waals surface area contributed by atoms with Crippen molar-refractivity contribution in [3.05, 3.63) is 63.7 Å². The summed E-state index contributed by atoms with van der Waals surface area (Å²) in [5, 5.41) is 23.0. The zero-order chi connectivity index (χ0) is 21.5. The fourth-order valence-corrected chi connectivity index (χ4v) is 2.96. The van der Waals surface area contributed by atoms with Crippen LogP contribution in [-0.2, 0) is 14.3 Å². The van der Waals surface area contributed by atoms with Gasteiger partial charge in [0.2, 0.25) is 0 Å². The van der Waals surface area contributed by atoms with Gasteiger partial charge in [0, 0.05) is 19.2 Å². The van der Waals surface area contributed by atoms with Gasteiger partial charge in [0.05, 0.1) is 35.0 Å². The smallest absolute Gasteiger partial charge is 0.338 e. The molecule has 1 N–H and O–H groups in total. The van der Waals surface area contributed by atoms with E-state index in [0.29, 0.717) is 37.7 Å². The van der Waals surface area contributed by atoms with Crippen LogP contribution in [-0.4, -0.2) is 49.7 Å². The first-order chi connectivity index (χ1) is 14.5. The molecule has 0 atom stereocenters. The van der Waals surface area contributed by atoms with Crippen molar-refractivity contribution in [2.75, 3.05) is 43.1 Å². The van der Waals surface area contributed by atoms with Crippen LogP contribution in [0.25, 0.3) is 0 Å². The number of anilines is 2. The number of ether oxygens (including phenoxy) is 2. The van der Waals surface area contributed by atoms with Crippen molar-refractivity contribution in [2.45, 2.75) is 0 Å². The van der Waals surface area contributed by atoms with Gasteiger partial charge in [0.15, 0.2) is 6.61 Å². The van der Waals surface area contributed by atoms with E-state index in [1.807, 2.05) is 11.0 Å². The number of nitrogens with zero attached hydrogens (tertiary/aromatic N) is 3. The zero-order valence-electron chi connectivity index (χ0n) is 15.9. The molecule has 0 bridgehead atoms. The Kier molecular flexibility index (Phi) is 6.56. The minimum absolute atomic E-state index is 0.0380. The Morgan fingerprint density at radius 2 is 1.97 bits per heavy atom. The summed E-state index contributed by atoms with van der Waals surface area (Å²) < 4.78 is 10.2. The molecule has 0 aliphatic carbocycles. The Bertz CT molecular complexity index is 1010. The van der Waals surface area contributed by atoms with E-state index in [0.717, 1.165) is 6.07 Å². The molecule has 3 rings (SSSR count). The van der Waals surface area contributed by atoms with Gasteiger partial charge in [-0.15, -0.1) is 0 Å². The molecule has 1 aliphatic heterocycles. The van der Waals surface area contributed by atoms with Gasteiger partial charge in [-0.05, 0) is 24.3 Å². The third-order valence-corrected chi connectivity index (χ3v) is 4.42. The molecule has 0 unspecified atom stereocenters.